The third-order valence-electron chi connectivity index (χ3n) is 5.09. The number of nitrogens with one attached hydrogen (secondary N) is 1. The molecule has 0 aliphatic carbocycles. The van der Waals surface area contributed by atoms with Crippen molar-refractivity contribution in [3.8, 4) is 0 Å². The van der Waals surface area contributed by atoms with Gasteiger partial charge in [0.1, 0.15) is 16.4 Å². The average Bonchev–Trinajstić information content (AvgIpc) is 3.43. The van der Waals surface area contributed by atoms with Crippen molar-refractivity contribution in [3.05, 3.63) is 27.4 Å². The van der Waals surface area contributed by atoms with Gasteiger partial charge in [0.25, 0.3) is 5.91 Å². The maximum Gasteiger partial charge on any atom is 1.00 e. The molecule has 4 heterocycles. The SMILES string of the molecule is CN(C)C(=O)Cc1nnc(SCC2=C(C(=O)[O-])N3C(=O)C(NC(=O)Cc4csc(N)n4)[C@@H]3SC2)s1.[Na+]. The standard InChI is InChI=1S/C19H21N7O5S4.Na/c1-25(2)12(28)4-11-23-24-19(35-11)34-6-8-5-32-16-13(15(29)26(16)14(8)17(30)31)22-10(27)3-9-7-33-18(20)21-9;/h7,13,16H,3-6H2,1-2H3,(H2,20,21)(H,22,27)(H,30,31);/q;+1/p-1/t13?,16-;/m0./s1. The number of nitrogens with zero attached hydrogens (tertiary/aromatic N) is 5. The topological polar surface area (TPSA) is 175 Å². The summed E-state index contributed by atoms with van der Waals surface area (Å²) in [4.78, 5) is 55.5. The number of likely N-dealkylation sites (N-methyl/N-ethyl adjacent to an activating group) is 1. The quantitative estimate of drug-likeness (QED) is 0.169. The van der Waals surface area contributed by atoms with Crippen molar-refractivity contribution >= 4 is 75.0 Å². The number of carbonyl (C=O) groups excluding carboxylic acids is 4. The summed E-state index contributed by atoms with van der Waals surface area (Å²) in [6, 6.07) is -0.827. The number of rotatable bonds is 9. The van der Waals surface area contributed by atoms with Crippen molar-refractivity contribution in [1.29, 1.82) is 0 Å². The molecule has 17 heteroatoms. The Hall–Kier alpha value is -1.69. The summed E-state index contributed by atoms with van der Waals surface area (Å²) in [6.45, 7) is 0. The monoisotopic (exact) mass is 577 g/mol. The number of hydrogen-bond acceptors (Lipinski definition) is 13. The van der Waals surface area contributed by atoms with Crippen LogP contribution in [-0.2, 0) is 32.0 Å². The van der Waals surface area contributed by atoms with E-state index in [1.165, 1.54) is 56.0 Å². The van der Waals surface area contributed by atoms with E-state index in [0.29, 0.717) is 31.5 Å². The first-order chi connectivity index (χ1) is 16.6. The molecule has 2 atom stereocenters. The summed E-state index contributed by atoms with van der Waals surface area (Å²) < 4.78 is 0.589. The van der Waals surface area contributed by atoms with Crippen molar-refractivity contribution < 1.29 is 53.8 Å². The molecule has 0 saturated carbocycles. The number of aliphatic carboxylic acids is 1. The van der Waals surface area contributed by atoms with Crippen LogP contribution in [0.3, 0.4) is 0 Å². The molecule has 1 saturated heterocycles. The zero-order valence-electron chi connectivity index (χ0n) is 19.5. The summed E-state index contributed by atoms with van der Waals surface area (Å²) in [5.41, 5.74) is 6.43. The van der Waals surface area contributed by atoms with E-state index in [0.717, 1.165) is 0 Å². The van der Waals surface area contributed by atoms with E-state index >= 15 is 0 Å². The van der Waals surface area contributed by atoms with Gasteiger partial charge in [-0.25, -0.2) is 4.98 Å². The first-order valence-electron chi connectivity index (χ1n) is 10.2. The van der Waals surface area contributed by atoms with Gasteiger partial charge in [0, 0.05) is 31.0 Å². The number of carboxylic acid groups (broad SMARTS) is 1. The third-order valence-corrected chi connectivity index (χ3v) is 9.29. The molecule has 4 rings (SSSR count). The second-order valence-electron chi connectivity index (χ2n) is 7.76. The van der Waals surface area contributed by atoms with Crippen LogP contribution in [0.25, 0.3) is 0 Å². The number of carboxylic acids is 1. The van der Waals surface area contributed by atoms with Crippen LogP contribution < -0.4 is 45.7 Å². The number of nitrogens with two attached hydrogens (primary N) is 1. The number of fused-ring (bicyclic) bond motifs is 1. The number of carbonyl (C=O) groups is 4. The summed E-state index contributed by atoms with van der Waals surface area (Å²) in [5.74, 6) is -1.82. The van der Waals surface area contributed by atoms with Crippen LogP contribution in [0, 0.1) is 0 Å². The molecule has 2 aromatic rings. The molecule has 2 aliphatic rings. The van der Waals surface area contributed by atoms with Crippen molar-refractivity contribution in [1.82, 2.24) is 30.3 Å². The van der Waals surface area contributed by atoms with Crippen LogP contribution in [0.1, 0.15) is 10.7 Å². The van der Waals surface area contributed by atoms with Gasteiger partial charge < -0.3 is 25.9 Å². The number of β-lactam (4-membered cyclic amide) rings is 1. The Bertz CT molecular complexity index is 1220. The molecule has 0 bridgehead atoms. The van der Waals surface area contributed by atoms with Gasteiger partial charge in [-0.3, -0.25) is 19.3 Å². The number of aromatic nitrogens is 3. The average molecular weight is 578 g/mol. The second-order valence-corrected chi connectivity index (χ2v) is 12.0. The molecule has 36 heavy (non-hydrogen) atoms. The van der Waals surface area contributed by atoms with Gasteiger partial charge in [-0.2, -0.15) is 0 Å². The third kappa shape index (κ3) is 6.41. The van der Waals surface area contributed by atoms with Gasteiger partial charge in [-0.05, 0) is 5.57 Å². The molecule has 2 aliphatic heterocycles. The predicted molar refractivity (Wildman–Crippen MR) is 130 cm³/mol. The normalized spacial score (nSPS) is 18.7. The Morgan fingerprint density at radius 2 is 2.06 bits per heavy atom. The number of thioether (sulfide) groups is 2. The van der Waals surface area contributed by atoms with E-state index in [4.69, 9.17) is 5.73 Å². The summed E-state index contributed by atoms with van der Waals surface area (Å²) in [7, 11) is 3.32. The van der Waals surface area contributed by atoms with Crippen molar-refractivity contribution in [2.24, 2.45) is 0 Å². The summed E-state index contributed by atoms with van der Waals surface area (Å²) in [5, 5.41) is 24.7. The minimum atomic E-state index is -1.45. The Kier molecular flexibility index (Phi) is 9.81. The minimum Gasteiger partial charge on any atom is -0.543 e. The Morgan fingerprint density at radius 1 is 1.31 bits per heavy atom. The number of thiazole rings is 1. The number of anilines is 1. The van der Waals surface area contributed by atoms with Crippen molar-refractivity contribution in [2.75, 3.05) is 31.3 Å². The molecule has 3 amide bonds. The van der Waals surface area contributed by atoms with Crippen LogP contribution in [0.5, 0.6) is 0 Å². The molecule has 3 N–H and O–H groups in total. The first kappa shape index (κ1) is 28.9. The van der Waals surface area contributed by atoms with Crippen LogP contribution in [0.4, 0.5) is 5.13 Å². The predicted octanol–water partition coefficient (Wildman–Crippen LogP) is -4.05. The Balaban J connectivity index is 0.00000361. The molecule has 186 valence electrons. The number of nitrogen functional groups attached to an aromatic ring is 1. The van der Waals surface area contributed by atoms with E-state index in [-0.39, 0.29) is 59.8 Å². The molecule has 2 aromatic heterocycles. The van der Waals surface area contributed by atoms with E-state index in [2.05, 4.69) is 20.5 Å². The van der Waals surface area contributed by atoms with E-state index in [1.54, 1.807) is 19.5 Å². The summed E-state index contributed by atoms with van der Waals surface area (Å²) in [6.07, 6.45) is 0.116. The van der Waals surface area contributed by atoms with Crippen molar-refractivity contribution in [3.63, 3.8) is 0 Å². The van der Waals surface area contributed by atoms with Crippen molar-refractivity contribution in [2.45, 2.75) is 28.6 Å². The Labute approximate surface area is 244 Å². The van der Waals surface area contributed by atoms with Gasteiger partial charge in [-0.15, -0.1) is 33.3 Å². The molecule has 0 spiro atoms. The Morgan fingerprint density at radius 3 is 2.69 bits per heavy atom. The van der Waals surface area contributed by atoms with Gasteiger partial charge >= 0.3 is 29.6 Å². The fraction of sp³-hybridized carbons (Fsp3) is 0.421. The first-order valence-corrected chi connectivity index (χ1v) is 13.9. The molecular weight excluding hydrogens is 558 g/mol. The van der Waals surface area contributed by atoms with Gasteiger partial charge in [0.2, 0.25) is 11.8 Å². The summed E-state index contributed by atoms with van der Waals surface area (Å²) >= 11 is 5.13. The fourth-order valence-corrected chi connectivity index (χ4v) is 7.31. The van der Waals surface area contributed by atoms with Crippen LogP contribution in [-0.4, -0.2) is 85.7 Å². The van der Waals surface area contributed by atoms with Gasteiger partial charge in [0.05, 0.1) is 30.2 Å². The fourth-order valence-electron chi connectivity index (χ4n) is 3.38. The van der Waals surface area contributed by atoms with E-state index in [9.17, 15) is 24.3 Å². The van der Waals surface area contributed by atoms with E-state index < -0.39 is 29.2 Å². The molecule has 0 aromatic carbocycles. The number of hydrogen-bond donors (Lipinski definition) is 2. The van der Waals surface area contributed by atoms with E-state index in [1.807, 2.05) is 0 Å². The molecule has 1 unspecified atom stereocenters. The zero-order chi connectivity index (χ0) is 25.3. The molecule has 12 nitrogen and oxygen atoms in total. The second kappa shape index (κ2) is 12.2. The number of amides is 3. The molecule has 0 radical (unpaired) electrons. The maximum absolute atomic E-state index is 12.8. The van der Waals surface area contributed by atoms with Crippen LogP contribution in [0.15, 0.2) is 21.0 Å². The van der Waals surface area contributed by atoms with Gasteiger partial charge in [-0.1, -0.05) is 23.1 Å². The van der Waals surface area contributed by atoms with Crippen LogP contribution >= 0.6 is 46.2 Å². The zero-order valence-corrected chi connectivity index (χ0v) is 24.8. The molecule has 1 fully saturated rings. The molecular formula is C19H20N7NaO5S4. The van der Waals surface area contributed by atoms with Crippen LogP contribution in [0.2, 0.25) is 0 Å². The largest absolute Gasteiger partial charge is 1.00 e. The van der Waals surface area contributed by atoms with Gasteiger partial charge in [0.15, 0.2) is 9.47 Å². The minimum absolute atomic E-state index is 0. The smallest absolute Gasteiger partial charge is 0.543 e. The maximum atomic E-state index is 12.8.